The Labute approximate surface area is 133 Å². The Morgan fingerprint density at radius 3 is 2.75 bits per heavy atom. The first-order chi connectivity index (χ1) is 9.29. The van der Waals surface area contributed by atoms with Crippen LogP contribution < -0.4 is 18.1 Å². The molecule has 0 aliphatic carbocycles. The van der Waals surface area contributed by atoms with Gasteiger partial charge in [0.15, 0.2) is 0 Å². The molecule has 0 aliphatic heterocycles. The van der Waals surface area contributed by atoms with E-state index in [0.29, 0.717) is 11.1 Å². The lowest BCUT2D eigenvalue weighted by Gasteiger charge is -2.00. The highest BCUT2D eigenvalue weighted by Gasteiger charge is 2.08. The molecule has 0 fully saturated rings. The van der Waals surface area contributed by atoms with E-state index in [2.05, 4.69) is 15.9 Å². The van der Waals surface area contributed by atoms with Crippen LogP contribution in [0.15, 0.2) is 33.9 Å². The number of benzene rings is 1. The number of nitrogens with zero attached hydrogens (tertiary/aromatic N) is 2. The molecule has 3 N–H and O–H groups in total. The Balaban J connectivity index is 0.00000200. The minimum atomic E-state index is 0. The van der Waals surface area contributed by atoms with Crippen molar-refractivity contribution in [3.8, 4) is 0 Å². The summed E-state index contributed by atoms with van der Waals surface area (Å²) in [5.74, 6) is 1.44. The van der Waals surface area contributed by atoms with Crippen LogP contribution in [0.1, 0.15) is 24.3 Å². The fourth-order valence-electron chi connectivity index (χ4n) is 1.61. The number of hydrogen-bond acceptors (Lipinski definition) is 4. The van der Waals surface area contributed by atoms with Crippen LogP contribution in [0.5, 0.6) is 0 Å². The lowest BCUT2D eigenvalue weighted by Crippen LogP contribution is -3.00. The molecule has 2 aromatic rings. The van der Waals surface area contributed by atoms with Gasteiger partial charge in [-0.2, -0.15) is 0 Å². The second-order valence-corrected chi connectivity index (χ2v) is 5.49. The first-order valence-corrected chi connectivity index (χ1v) is 7.64. The highest BCUT2D eigenvalue weighted by molar-refractivity contribution is 7.98. The summed E-state index contributed by atoms with van der Waals surface area (Å²) < 4.78 is 5.57. The molecule has 0 saturated heterocycles. The summed E-state index contributed by atoms with van der Waals surface area (Å²) in [4.78, 5) is 0. The van der Waals surface area contributed by atoms with Gasteiger partial charge < -0.3 is 22.6 Å². The van der Waals surface area contributed by atoms with Crippen molar-refractivity contribution in [3.05, 3.63) is 40.7 Å². The molecule has 0 bridgehead atoms. The predicted octanol–water partition coefficient (Wildman–Crippen LogP) is -0.416. The third kappa shape index (κ3) is 5.32. The normalized spacial score (nSPS) is 10.3. The minimum absolute atomic E-state index is 0. The van der Waals surface area contributed by atoms with Crippen LogP contribution in [0.25, 0.3) is 0 Å². The molecule has 0 spiro atoms. The quantitative estimate of drug-likeness (QED) is 0.552. The number of aromatic nitrogens is 2. The first kappa shape index (κ1) is 17.3. The van der Waals surface area contributed by atoms with Crippen LogP contribution in [0, 0.1) is 0 Å². The molecular formula is C13H17Cl2N3OS. The van der Waals surface area contributed by atoms with Crippen LogP contribution in [0.2, 0.25) is 5.02 Å². The molecule has 0 amide bonds. The lowest BCUT2D eigenvalue weighted by molar-refractivity contribution is -0.368. The minimum Gasteiger partial charge on any atom is -1.00 e. The molecule has 2 rings (SSSR count). The van der Waals surface area contributed by atoms with Gasteiger partial charge in [0.2, 0.25) is 5.89 Å². The summed E-state index contributed by atoms with van der Waals surface area (Å²) in [6, 6.07) is 7.78. The standard InChI is InChI=1S/C13H16ClN3OS.ClH/c14-11-6-2-1-5-10(11)9-19-13-17-16-12(18-13)7-3-4-8-15;/h1-2,5-6H,3-4,7-9,15H2;1H. The number of rotatable bonds is 7. The molecule has 1 aromatic carbocycles. The van der Waals surface area contributed by atoms with E-state index in [1.54, 1.807) is 0 Å². The van der Waals surface area contributed by atoms with Gasteiger partial charge in [0.1, 0.15) is 0 Å². The van der Waals surface area contributed by atoms with Crippen LogP contribution in [-0.4, -0.2) is 16.7 Å². The van der Waals surface area contributed by atoms with Gasteiger partial charge in [-0.15, -0.1) is 10.2 Å². The van der Waals surface area contributed by atoms with Crippen molar-refractivity contribution in [2.45, 2.75) is 30.2 Å². The van der Waals surface area contributed by atoms with Crippen molar-refractivity contribution in [2.24, 2.45) is 0 Å². The molecule has 0 saturated carbocycles. The molecule has 0 unspecified atom stereocenters. The van der Waals surface area contributed by atoms with Gasteiger partial charge in [0.25, 0.3) is 5.22 Å². The largest absolute Gasteiger partial charge is 1.00 e. The van der Waals surface area contributed by atoms with E-state index in [4.69, 9.17) is 16.0 Å². The van der Waals surface area contributed by atoms with Crippen molar-refractivity contribution >= 4 is 23.4 Å². The maximum atomic E-state index is 6.09. The summed E-state index contributed by atoms with van der Waals surface area (Å²) in [7, 11) is 0. The van der Waals surface area contributed by atoms with Crippen LogP contribution in [-0.2, 0) is 12.2 Å². The molecule has 1 heterocycles. The molecule has 0 atom stereocenters. The van der Waals surface area contributed by atoms with E-state index in [1.165, 1.54) is 11.8 Å². The number of unbranched alkanes of at least 4 members (excludes halogenated alkanes) is 1. The number of quaternary nitrogens is 1. The molecule has 7 heteroatoms. The summed E-state index contributed by atoms with van der Waals surface area (Å²) in [5, 5.41) is 9.43. The molecule has 0 radical (unpaired) electrons. The Morgan fingerprint density at radius 1 is 1.20 bits per heavy atom. The summed E-state index contributed by atoms with van der Waals surface area (Å²) in [6.45, 7) is 0.947. The van der Waals surface area contributed by atoms with Crippen LogP contribution in [0.4, 0.5) is 0 Å². The zero-order chi connectivity index (χ0) is 13.5. The number of hydrogen-bond donors (Lipinski definition) is 1. The average Bonchev–Trinajstić information content (AvgIpc) is 2.86. The Bertz CT molecular complexity index is 522. The highest BCUT2D eigenvalue weighted by atomic mass is 35.5. The zero-order valence-corrected chi connectivity index (χ0v) is 13.3. The Morgan fingerprint density at radius 2 is 2.00 bits per heavy atom. The summed E-state index contributed by atoms with van der Waals surface area (Å²) in [5.41, 5.74) is 4.89. The molecular weight excluding hydrogens is 317 g/mol. The average molecular weight is 334 g/mol. The van der Waals surface area contributed by atoms with Crippen molar-refractivity contribution in [1.29, 1.82) is 0 Å². The topological polar surface area (TPSA) is 66.6 Å². The van der Waals surface area contributed by atoms with Crippen molar-refractivity contribution in [2.75, 3.05) is 6.54 Å². The fraction of sp³-hybridized carbons (Fsp3) is 0.385. The van der Waals surface area contributed by atoms with Crippen molar-refractivity contribution in [1.82, 2.24) is 10.2 Å². The third-order valence-electron chi connectivity index (χ3n) is 2.65. The SMILES string of the molecule is [Cl-].[NH3+]CCCCc1nnc(SCc2ccccc2Cl)o1. The Hall–Kier alpha value is -0.750. The van der Waals surface area contributed by atoms with E-state index in [9.17, 15) is 0 Å². The second kappa shape index (κ2) is 9.23. The van der Waals surface area contributed by atoms with Gasteiger partial charge in [-0.1, -0.05) is 41.6 Å². The second-order valence-electron chi connectivity index (χ2n) is 4.15. The fourth-order valence-corrected chi connectivity index (χ4v) is 2.67. The Kier molecular flexibility index (Phi) is 7.99. The van der Waals surface area contributed by atoms with Crippen LogP contribution in [0.3, 0.4) is 0 Å². The predicted molar refractivity (Wildman–Crippen MR) is 76.0 cm³/mol. The number of aryl methyl sites for hydroxylation is 1. The van der Waals surface area contributed by atoms with Gasteiger partial charge in [0.05, 0.1) is 6.54 Å². The lowest BCUT2D eigenvalue weighted by atomic mass is 10.2. The van der Waals surface area contributed by atoms with Crippen LogP contribution >= 0.6 is 23.4 Å². The molecule has 0 aliphatic rings. The van der Waals surface area contributed by atoms with E-state index in [-0.39, 0.29) is 12.4 Å². The monoisotopic (exact) mass is 333 g/mol. The number of thioether (sulfide) groups is 1. The van der Waals surface area contributed by atoms with E-state index >= 15 is 0 Å². The van der Waals surface area contributed by atoms with Gasteiger partial charge >= 0.3 is 0 Å². The van der Waals surface area contributed by atoms with Gasteiger partial charge in [-0.05, 0) is 24.5 Å². The molecule has 110 valence electrons. The van der Waals surface area contributed by atoms with Crippen molar-refractivity contribution < 1.29 is 22.6 Å². The smallest absolute Gasteiger partial charge is 0.276 e. The zero-order valence-electron chi connectivity index (χ0n) is 11.0. The van der Waals surface area contributed by atoms with E-state index < -0.39 is 0 Å². The van der Waals surface area contributed by atoms with Gasteiger partial charge in [-0.25, -0.2) is 0 Å². The molecule has 1 aromatic heterocycles. The van der Waals surface area contributed by atoms with Gasteiger partial charge in [0, 0.05) is 17.2 Å². The highest BCUT2D eigenvalue weighted by Crippen LogP contribution is 2.25. The maximum Gasteiger partial charge on any atom is 0.276 e. The van der Waals surface area contributed by atoms with E-state index in [1.807, 2.05) is 24.3 Å². The molecule has 20 heavy (non-hydrogen) atoms. The van der Waals surface area contributed by atoms with Gasteiger partial charge in [-0.3, -0.25) is 0 Å². The van der Waals surface area contributed by atoms with E-state index in [0.717, 1.165) is 42.1 Å². The van der Waals surface area contributed by atoms with Crippen molar-refractivity contribution in [3.63, 3.8) is 0 Å². The summed E-state index contributed by atoms with van der Waals surface area (Å²) in [6.07, 6.45) is 2.96. The maximum absolute atomic E-state index is 6.09. The summed E-state index contributed by atoms with van der Waals surface area (Å²) >= 11 is 7.60. The third-order valence-corrected chi connectivity index (χ3v) is 3.88. The molecule has 4 nitrogen and oxygen atoms in total. The first-order valence-electron chi connectivity index (χ1n) is 6.27. The number of halogens is 2.